The minimum atomic E-state index is -1.60. The van der Waals surface area contributed by atoms with Gasteiger partial charge >= 0.3 is 5.97 Å². The fourth-order valence-electron chi connectivity index (χ4n) is 4.20. The lowest BCUT2D eigenvalue weighted by Gasteiger charge is -2.43. The van der Waals surface area contributed by atoms with Crippen LogP contribution in [0.25, 0.3) is 0 Å². The quantitative estimate of drug-likeness (QED) is 0.350. The van der Waals surface area contributed by atoms with Crippen LogP contribution in [0.5, 0.6) is 0 Å². The Bertz CT molecular complexity index is 727. The molecule has 174 valence electrons. The summed E-state index contributed by atoms with van der Waals surface area (Å²) in [4.78, 5) is 24.1. The summed E-state index contributed by atoms with van der Waals surface area (Å²) >= 11 is 1.10. The van der Waals surface area contributed by atoms with Gasteiger partial charge in [-0.15, -0.1) is 0 Å². The van der Waals surface area contributed by atoms with Crippen LogP contribution in [-0.2, 0) is 14.3 Å². The zero-order valence-corrected chi connectivity index (χ0v) is 18.8. The van der Waals surface area contributed by atoms with Crippen molar-refractivity contribution in [2.24, 2.45) is 5.92 Å². The molecule has 0 radical (unpaired) electrons. The van der Waals surface area contributed by atoms with E-state index in [0.29, 0.717) is 31.4 Å². The number of nitrogens with one attached hydrogen (secondary N) is 1. The molecule has 0 saturated carbocycles. The summed E-state index contributed by atoms with van der Waals surface area (Å²) in [6.45, 7) is 3.78. The second-order valence-corrected chi connectivity index (χ2v) is 9.90. The molecule has 2 saturated heterocycles. The molecule has 0 aromatic heterocycles. The first-order valence-electron chi connectivity index (χ1n) is 10.9. The van der Waals surface area contributed by atoms with Crippen molar-refractivity contribution in [2.75, 3.05) is 5.75 Å². The van der Waals surface area contributed by atoms with E-state index in [1.165, 1.54) is 6.08 Å². The first-order valence-corrected chi connectivity index (χ1v) is 11.9. The van der Waals surface area contributed by atoms with E-state index in [-0.39, 0.29) is 23.7 Å². The lowest BCUT2D eigenvalue weighted by Crippen LogP contribution is -2.58. The second-order valence-electron chi connectivity index (χ2n) is 8.91. The van der Waals surface area contributed by atoms with E-state index in [1.54, 1.807) is 13.0 Å². The van der Waals surface area contributed by atoms with Gasteiger partial charge in [0.25, 0.3) is 5.24 Å². The average Bonchev–Trinajstić information content (AvgIpc) is 3.14. The summed E-state index contributed by atoms with van der Waals surface area (Å²) in [6, 6.07) is -0.564. The van der Waals surface area contributed by atoms with Crippen molar-refractivity contribution in [3.8, 4) is 0 Å². The molecule has 0 aliphatic carbocycles. The molecule has 7 atom stereocenters. The van der Waals surface area contributed by atoms with Crippen LogP contribution in [-0.4, -0.2) is 68.5 Å². The van der Waals surface area contributed by atoms with Crippen molar-refractivity contribution in [3.63, 3.8) is 0 Å². The molecule has 3 rings (SSSR count). The number of hydrogen-bond acceptors (Lipinski definition) is 8. The van der Waals surface area contributed by atoms with Crippen LogP contribution in [0, 0.1) is 5.92 Å². The third-order valence-corrected chi connectivity index (χ3v) is 6.97. The van der Waals surface area contributed by atoms with Crippen LogP contribution in [0.2, 0.25) is 0 Å². The molecule has 3 aliphatic rings. The number of amides is 1. The SMILES string of the molecule is C/C1=C/C(=O)O[C@@H]2C[C@@H](CC[C@H](C)/C=C\[C@H](O)[C@H](O)CC1)O[C@@](O)([C@@H]1CSC(=O)N1)C2. The van der Waals surface area contributed by atoms with Gasteiger partial charge in [0.2, 0.25) is 0 Å². The first-order chi connectivity index (χ1) is 14.6. The number of carbonyl (C=O) groups excluding carboxylic acids is 2. The Morgan fingerprint density at radius 1 is 1.16 bits per heavy atom. The summed E-state index contributed by atoms with van der Waals surface area (Å²) in [5.41, 5.74) is 0.735. The van der Waals surface area contributed by atoms with Crippen LogP contribution < -0.4 is 5.32 Å². The van der Waals surface area contributed by atoms with Gasteiger partial charge in [-0.25, -0.2) is 4.79 Å². The van der Waals surface area contributed by atoms with Gasteiger partial charge in [0, 0.05) is 24.7 Å². The van der Waals surface area contributed by atoms with E-state index >= 15 is 0 Å². The molecule has 31 heavy (non-hydrogen) atoms. The Kier molecular flexibility index (Phi) is 8.20. The Labute approximate surface area is 187 Å². The van der Waals surface area contributed by atoms with Gasteiger partial charge in [-0.05, 0) is 38.5 Å². The highest BCUT2D eigenvalue weighted by Gasteiger charge is 2.49. The summed E-state index contributed by atoms with van der Waals surface area (Å²) in [5.74, 6) is -1.60. The number of ether oxygens (including phenoxy) is 2. The van der Waals surface area contributed by atoms with Crippen molar-refractivity contribution in [1.29, 1.82) is 0 Å². The Morgan fingerprint density at radius 2 is 1.94 bits per heavy atom. The molecule has 2 fully saturated rings. The Balaban J connectivity index is 1.79. The largest absolute Gasteiger partial charge is 0.459 e. The molecule has 0 spiro atoms. The van der Waals surface area contributed by atoms with E-state index in [9.17, 15) is 24.9 Å². The van der Waals surface area contributed by atoms with Gasteiger partial charge in [-0.2, -0.15) is 0 Å². The van der Waals surface area contributed by atoms with Crippen molar-refractivity contribution >= 4 is 23.0 Å². The molecule has 0 unspecified atom stereocenters. The van der Waals surface area contributed by atoms with Gasteiger partial charge in [0.05, 0.1) is 24.4 Å². The highest BCUT2D eigenvalue weighted by molar-refractivity contribution is 8.14. The van der Waals surface area contributed by atoms with Crippen molar-refractivity contribution in [2.45, 2.75) is 88.6 Å². The molecule has 1 amide bonds. The van der Waals surface area contributed by atoms with E-state index in [2.05, 4.69) is 5.32 Å². The molecule has 9 heteroatoms. The monoisotopic (exact) mass is 455 g/mol. The highest BCUT2D eigenvalue weighted by atomic mass is 32.2. The van der Waals surface area contributed by atoms with Crippen LogP contribution in [0.3, 0.4) is 0 Å². The van der Waals surface area contributed by atoms with Crippen molar-refractivity contribution < 1.29 is 34.4 Å². The molecular formula is C22H33NO7S. The highest BCUT2D eigenvalue weighted by Crippen LogP contribution is 2.37. The van der Waals surface area contributed by atoms with E-state index in [1.807, 2.05) is 13.0 Å². The smallest absolute Gasteiger partial charge is 0.330 e. The fraction of sp³-hybridized carbons (Fsp3) is 0.727. The maximum Gasteiger partial charge on any atom is 0.330 e. The van der Waals surface area contributed by atoms with Crippen LogP contribution >= 0.6 is 11.8 Å². The van der Waals surface area contributed by atoms with Gasteiger partial charge in [0.15, 0.2) is 5.79 Å². The zero-order chi connectivity index (χ0) is 22.6. The van der Waals surface area contributed by atoms with Crippen LogP contribution in [0.4, 0.5) is 4.79 Å². The van der Waals surface area contributed by atoms with Crippen LogP contribution in [0.15, 0.2) is 23.8 Å². The topological polar surface area (TPSA) is 125 Å². The maximum atomic E-state index is 12.5. The number of rotatable bonds is 1. The fourth-order valence-corrected chi connectivity index (χ4v) is 5.09. The summed E-state index contributed by atoms with van der Waals surface area (Å²) in [7, 11) is 0. The number of fused-ring (bicyclic) bond motifs is 2. The molecule has 3 aliphatic heterocycles. The van der Waals surface area contributed by atoms with Crippen molar-refractivity contribution in [1.82, 2.24) is 5.32 Å². The molecule has 0 aromatic rings. The maximum absolute atomic E-state index is 12.5. The van der Waals surface area contributed by atoms with E-state index in [0.717, 1.165) is 23.8 Å². The lowest BCUT2D eigenvalue weighted by molar-refractivity contribution is -0.283. The summed E-state index contributed by atoms with van der Waals surface area (Å²) in [6.07, 6.45) is 4.79. The molecular weight excluding hydrogens is 422 g/mol. The second kappa shape index (κ2) is 10.5. The van der Waals surface area contributed by atoms with Gasteiger partial charge in [-0.3, -0.25) is 4.79 Å². The van der Waals surface area contributed by atoms with Crippen LogP contribution in [0.1, 0.15) is 52.4 Å². The van der Waals surface area contributed by atoms with Gasteiger partial charge < -0.3 is 30.1 Å². The molecule has 0 aromatic carbocycles. The van der Waals surface area contributed by atoms with E-state index in [4.69, 9.17) is 9.47 Å². The molecule has 4 N–H and O–H groups in total. The zero-order valence-electron chi connectivity index (χ0n) is 18.0. The number of allylic oxidation sites excluding steroid dienone is 2. The standard InChI is InChI=1S/C22H33NO7S/c1-13-3-6-15-10-16(11-22(28,30-15)19-12-31-21(27)23-19)29-20(26)9-14(2)5-8-18(25)17(24)7-4-13/h4,7,9,13,15-19,24-25,28H,3,5-6,8,10-12H2,1-2H3,(H,23,27)/b7-4-,14-9-/t13-,15+,16+,17-,18+,19-,22+/m0/s1. The third-order valence-electron chi connectivity index (χ3n) is 6.09. The summed E-state index contributed by atoms with van der Waals surface area (Å²) < 4.78 is 11.7. The molecule has 3 heterocycles. The Morgan fingerprint density at radius 3 is 2.65 bits per heavy atom. The predicted molar refractivity (Wildman–Crippen MR) is 116 cm³/mol. The lowest BCUT2D eigenvalue weighted by atomic mass is 9.90. The first kappa shape index (κ1) is 24.3. The van der Waals surface area contributed by atoms with Crippen molar-refractivity contribution in [3.05, 3.63) is 23.8 Å². The number of aliphatic hydroxyl groups excluding tert-OH is 2. The minimum absolute atomic E-state index is 0.0913. The minimum Gasteiger partial charge on any atom is -0.459 e. The average molecular weight is 456 g/mol. The summed E-state index contributed by atoms with van der Waals surface area (Å²) in [5, 5.41) is 34.1. The number of thioether (sulfide) groups is 1. The Hall–Kier alpha value is -1.39. The number of hydrogen-bond donors (Lipinski definition) is 4. The molecule has 2 bridgehead atoms. The number of esters is 1. The number of carbonyl (C=O) groups is 2. The third kappa shape index (κ3) is 6.79. The molecule has 8 nitrogen and oxygen atoms in total. The van der Waals surface area contributed by atoms with Gasteiger partial charge in [-0.1, -0.05) is 36.4 Å². The number of aliphatic hydroxyl groups is 3. The predicted octanol–water partition coefficient (Wildman–Crippen LogP) is 2.03. The van der Waals surface area contributed by atoms with Gasteiger partial charge in [0.1, 0.15) is 6.10 Å². The van der Waals surface area contributed by atoms with E-state index < -0.39 is 36.1 Å². The normalized spacial score (nSPS) is 43.5.